The SMILES string of the molecule is CC(O)CC1CCCCCN1Cc1ccc(Br)cc1. The van der Waals surface area contributed by atoms with Crippen molar-refractivity contribution < 1.29 is 5.11 Å². The second kappa shape index (κ2) is 7.41. The first-order valence-corrected chi connectivity index (χ1v) is 8.11. The molecular weight excluding hydrogens is 302 g/mol. The second-order valence-electron chi connectivity index (χ2n) is 5.68. The van der Waals surface area contributed by atoms with Crippen LogP contribution in [0.4, 0.5) is 0 Å². The maximum Gasteiger partial charge on any atom is 0.0527 e. The summed E-state index contributed by atoms with van der Waals surface area (Å²) in [4.78, 5) is 2.56. The highest BCUT2D eigenvalue weighted by Gasteiger charge is 2.22. The van der Waals surface area contributed by atoms with Crippen LogP contribution in [0.15, 0.2) is 28.7 Å². The predicted octanol–water partition coefficient (Wildman–Crippen LogP) is 3.96. The molecule has 1 heterocycles. The molecule has 0 saturated carbocycles. The van der Waals surface area contributed by atoms with E-state index in [2.05, 4.69) is 45.1 Å². The monoisotopic (exact) mass is 325 g/mol. The van der Waals surface area contributed by atoms with Gasteiger partial charge in [-0.2, -0.15) is 0 Å². The quantitative estimate of drug-likeness (QED) is 0.905. The molecule has 19 heavy (non-hydrogen) atoms. The Kier molecular flexibility index (Phi) is 5.86. The van der Waals surface area contributed by atoms with Crippen molar-refractivity contribution in [3.63, 3.8) is 0 Å². The zero-order valence-corrected chi connectivity index (χ0v) is 13.3. The highest BCUT2D eigenvalue weighted by atomic mass is 79.9. The molecule has 0 amide bonds. The summed E-state index contributed by atoms with van der Waals surface area (Å²) in [5.74, 6) is 0. The van der Waals surface area contributed by atoms with E-state index in [0.29, 0.717) is 6.04 Å². The van der Waals surface area contributed by atoms with Crippen molar-refractivity contribution in [1.29, 1.82) is 0 Å². The van der Waals surface area contributed by atoms with Crippen molar-refractivity contribution in [2.75, 3.05) is 6.54 Å². The zero-order chi connectivity index (χ0) is 13.7. The van der Waals surface area contributed by atoms with Crippen LogP contribution in [0.2, 0.25) is 0 Å². The Labute approximate surface area is 124 Å². The minimum atomic E-state index is -0.199. The van der Waals surface area contributed by atoms with Crippen molar-refractivity contribution in [2.45, 2.75) is 57.7 Å². The predicted molar refractivity (Wildman–Crippen MR) is 83.1 cm³/mol. The van der Waals surface area contributed by atoms with Gasteiger partial charge in [0.05, 0.1) is 6.10 Å². The molecule has 1 aliphatic heterocycles. The number of hydrogen-bond acceptors (Lipinski definition) is 2. The lowest BCUT2D eigenvalue weighted by Crippen LogP contribution is -2.36. The van der Waals surface area contributed by atoms with Gasteiger partial charge in [-0.1, -0.05) is 40.9 Å². The highest BCUT2D eigenvalue weighted by Crippen LogP contribution is 2.23. The van der Waals surface area contributed by atoms with Gasteiger partial charge in [-0.25, -0.2) is 0 Å². The number of hydrogen-bond donors (Lipinski definition) is 1. The Morgan fingerprint density at radius 2 is 2.00 bits per heavy atom. The lowest BCUT2D eigenvalue weighted by molar-refractivity contribution is 0.108. The van der Waals surface area contributed by atoms with Gasteiger partial charge < -0.3 is 5.11 Å². The molecule has 1 fully saturated rings. The van der Waals surface area contributed by atoms with Crippen LogP contribution in [-0.2, 0) is 6.54 Å². The van der Waals surface area contributed by atoms with Gasteiger partial charge in [-0.05, 0) is 50.4 Å². The summed E-state index contributed by atoms with van der Waals surface area (Å²) in [6, 6.07) is 9.13. The average molecular weight is 326 g/mol. The minimum absolute atomic E-state index is 0.199. The van der Waals surface area contributed by atoms with E-state index in [0.717, 1.165) is 24.0 Å². The number of nitrogens with zero attached hydrogens (tertiary/aromatic N) is 1. The first kappa shape index (κ1) is 15.0. The van der Waals surface area contributed by atoms with Gasteiger partial charge >= 0.3 is 0 Å². The maximum absolute atomic E-state index is 9.68. The van der Waals surface area contributed by atoms with Crippen molar-refractivity contribution >= 4 is 15.9 Å². The molecule has 3 heteroatoms. The van der Waals surface area contributed by atoms with E-state index >= 15 is 0 Å². The molecule has 2 rings (SSSR count). The van der Waals surface area contributed by atoms with E-state index in [-0.39, 0.29) is 6.10 Å². The molecule has 2 unspecified atom stereocenters. The first-order chi connectivity index (χ1) is 9.15. The molecule has 2 atom stereocenters. The van der Waals surface area contributed by atoms with Crippen LogP contribution in [0, 0.1) is 0 Å². The van der Waals surface area contributed by atoms with Crippen LogP contribution < -0.4 is 0 Å². The van der Waals surface area contributed by atoms with Gasteiger partial charge in [0, 0.05) is 17.1 Å². The van der Waals surface area contributed by atoms with E-state index in [1.54, 1.807) is 0 Å². The summed E-state index contributed by atoms with van der Waals surface area (Å²) in [7, 11) is 0. The van der Waals surface area contributed by atoms with E-state index in [1.807, 2.05) is 6.92 Å². The normalized spacial score (nSPS) is 23.0. The van der Waals surface area contributed by atoms with Crippen LogP contribution >= 0.6 is 15.9 Å². The molecule has 0 aromatic heterocycles. The standard InChI is InChI=1S/C16H24BrNO/c1-13(19)11-16-5-3-2-4-10-18(16)12-14-6-8-15(17)9-7-14/h6-9,13,16,19H,2-5,10-12H2,1H3. The summed E-state index contributed by atoms with van der Waals surface area (Å²) < 4.78 is 1.13. The molecule has 0 spiro atoms. The van der Waals surface area contributed by atoms with Crippen LogP contribution in [0.1, 0.15) is 44.6 Å². The molecule has 0 radical (unpaired) electrons. The summed E-state index contributed by atoms with van der Waals surface area (Å²) in [6.07, 6.45) is 5.84. The molecule has 2 nitrogen and oxygen atoms in total. The number of aliphatic hydroxyl groups excluding tert-OH is 1. The van der Waals surface area contributed by atoms with Crippen LogP contribution in [0.5, 0.6) is 0 Å². The smallest absolute Gasteiger partial charge is 0.0527 e. The van der Waals surface area contributed by atoms with Crippen LogP contribution in [0.25, 0.3) is 0 Å². The van der Waals surface area contributed by atoms with Crippen molar-refractivity contribution in [3.8, 4) is 0 Å². The molecule has 0 aliphatic carbocycles. The molecular formula is C16H24BrNO. The minimum Gasteiger partial charge on any atom is -0.393 e. The summed E-state index contributed by atoms with van der Waals surface area (Å²) in [5, 5.41) is 9.68. The topological polar surface area (TPSA) is 23.5 Å². The number of benzene rings is 1. The van der Waals surface area contributed by atoms with Gasteiger partial charge in [-0.3, -0.25) is 4.90 Å². The third-order valence-electron chi connectivity index (χ3n) is 3.91. The van der Waals surface area contributed by atoms with Crippen LogP contribution in [0.3, 0.4) is 0 Å². The van der Waals surface area contributed by atoms with Crippen LogP contribution in [-0.4, -0.2) is 28.7 Å². The highest BCUT2D eigenvalue weighted by molar-refractivity contribution is 9.10. The van der Waals surface area contributed by atoms with Gasteiger partial charge in [0.15, 0.2) is 0 Å². The van der Waals surface area contributed by atoms with Gasteiger partial charge in [0.1, 0.15) is 0 Å². The average Bonchev–Trinajstić information content (AvgIpc) is 2.58. The number of aliphatic hydroxyl groups is 1. The molecule has 1 N–H and O–H groups in total. The summed E-state index contributed by atoms with van der Waals surface area (Å²) >= 11 is 3.48. The molecule has 1 aromatic carbocycles. The van der Waals surface area contributed by atoms with E-state index in [4.69, 9.17) is 0 Å². The number of rotatable bonds is 4. The molecule has 0 bridgehead atoms. The number of halogens is 1. The summed E-state index contributed by atoms with van der Waals surface area (Å²) in [6.45, 7) is 4.07. The van der Waals surface area contributed by atoms with Gasteiger partial charge in [0.25, 0.3) is 0 Å². The Hall–Kier alpha value is -0.380. The summed E-state index contributed by atoms with van der Waals surface area (Å²) in [5.41, 5.74) is 1.36. The van der Waals surface area contributed by atoms with E-state index < -0.39 is 0 Å². The molecule has 1 aliphatic rings. The van der Waals surface area contributed by atoms with Crippen molar-refractivity contribution in [2.24, 2.45) is 0 Å². The van der Waals surface area contributed by atoms with Gasteiger partial charge in [0.2, 0.25) is 0 Å². The Morgan fingerprint density at radius 3 is 2.68 bits per heavy atom. The molecule has 1 aromatic rings. The molecule has 1 saturated heterocycles. The third-order valence-corrected chi connectivity index (χ3v) is 4.44. The zero-order valence-electron chi connectivity index (χ0n) is 11.7. The fourth-order valence-corrected chi connectivity index (χ4v) is 3.19. The largest absolute Gasteiger partial charge is 0.393 e. The lowest BCUT2D eigenvalue weighted by Gasteiger charge is -2.31. The Bertz CT molecular complexity index is 377. The van der Waals surface area contributed by atoms with Gasteiger partial charge in [-0.15, -0.1) is 0 Å². The first-order valence-electron chi connectivity index (χ1n) is 7.31. The van der Waals surface area contributed by atoms with Crippen molar-refractivity contribution in [3.05, 3.63) is 34.3 Å². The van der Waals surface area contributed by atoms with E-state index in [9.17, 15) is 5.11 Å². The fraction of sp³-hybridized carbons (Fsp3) is 0.625. The maximum atomic E-state index is 9.68. The van der Waals surface area contributed by atoms with Crippen molar-refractivity contribution in [1.82, 2.24) is 4.90 Å². The molecule has 106 valence electrons. The number of likely N-dealkylation sites (tertiary alicyclic amines) is 1. The lowest BCUT2D eigenvalue weighted by atomic mass is 10.0. The second-order valence-corrected chi connectivity index (χ2v) is 6.60. The fourth-order valence-electron chi connectivity index (χ4n) is 2.93. The third kappa shape index (κ3) is 4.90. The van der Waals surface area contributed by atoms with E-state index in [1.165, 1.54) is 31.2 Å². The Morgan fingerprint density at radius 1 is 1.26 bits per heavy atom. The Balaban J connectivity index is 2.02.